The molecule has 2 atom stereocenters. The van der Waals surface area contributed by atoms with E-state index in [2.05, 4.69) is 22.2 Å². The highest BCUT2D eigenvalue weighted by atomic mass is 16.5. The highest BCUT2D eigenvalue weighted by molar-refractivity contribution is 5.65. The van der Waals surface area contributed by atoms with Crippen molar-refractivity contribution in [2.24, 2.45) is 0 Å². The van der Waals surface area contributed by atoms with Gasteiger partial charge in [-0.2, -0.15) is 5.10 Å². The summed E-state index contributed by atoms with van der Waals surface area (Å²) in [6.07, 6.45) is 3.54. The van der Waals surface area contributed by atoms with Gasteiger partial charge in [-0.15, -0.1) is 0 Å². The van der Waals surface area contributed by atoms with Crippen LogP contribution in [0.4, 0.5) is 5.82 Å². The largest absolute Gasteiger partial charge is 0.382 e. The molecule has 2 aromatic heterocycles. The van der Waals surface area contributed by atoms with Gasteiger partial charge in [0, 0.05) is 0 Å². The lowest BCUT2D eigenvalue weighted by atomic mass is 10.1. The number of ether oxygens (including phenoxy) is 2. The predicted octanol–water partition coefficient (Wildman–Crippen LogP) is 2.75. The van der Waals surface area contributed by atoms with Gasteiger partial charge in [-0.3, -0.25) is 0 Å². The molecule has 0 bridgehead atoms. The average Bonchev–Trinajstić information content (AvgIpc) is 3.23. The summed E-state index contributed by atoms with van der Waals surface area (Å²) in [5.41, 5.74) is 8.90. The molecule has 124 valence electrons. The molecular weight excluding hydrogens is 304 g/mol. The van der Waals surface area contributed by atoms with Crippen molar-refractivity contribution in [3.05, 3.63) is 60.0 Å². The van der Waals surface area contributed by atoms with Gasteiger partial charge in [-0.05, 0) is 30.5 Å². The Morgan fingerprint density at radius 3 is 2.92 bits per heavy atom. The zero-order valence-corrected chi connectivity index (χ0v) is 13.3. The van der Waals surface area contributed by atoms with Crippen LogP contribution in [0.2, 0.25) is 0 Å². The minimum atomic E-state index is 0.0205. The van der Waals surface area contributed by atoms with E-state index >= 15 is 0 Å². The standard InChI is InChI=1S/C18H20N4O2/c19-18-16-8-7-15(22(16)21-12-20-18)17-9-6-14(24-17)11-23-10-13-4-2-1-3-5-13/h1-5,7-8,12,14,17H,6,9-11H2,(H2,19,20,21)/t14?,17-/m1/s1. The topological polar surface area (TPSA) is 74.7 Å². The van der Waals surface area contributed by atoms with Crippen molar-refractivity contribution in [2.75, 3.05) is 12.3 Å². The molecule has 1 aromatic carbocycles. The lowest BCUT2D eigenvalue weighted by Gasteiger charge is -2.14. The van der Waals surface area contributed by atoms with Gasteiger partial charge in [0.15, 0.2) is 5.82 Å². The SMILES string of the molecule is Nc1ncnn2c([C@H]3CCC(COCc4ccccc4)O3)ccc12. The van der Waals surface area contributed by atoms with Crippen LogP contribution in [0.15, 0.2) is 48.8 Å². The van der Waals surface area contributed by atoms with E-state index in [0.717, 1.165) is 24.1 Å². The molecule has 0 aliphatic carbocycles. The van der Waals surface area contributed by atoms with Gasteiger partial charge < -0.3 is 15.2 Å². The summed E-state index contributed by atoms with van der Waals surface area (Å²) >= 11 is 0. The lowest BCUT2D eigenvalue weighted by molar-refractivity contribution is -0.0221. The molecule has 24 heavy (non-hydrogen) atoms. The molecule has 2 N–H and O–H groups in total. The second kappa shape index (κ2) is 6.59. The van der Waals surface area contributed by atoms with Gasteiger partial charge in [0.25, 0.3) is 0 Å². The van der Waals surface area contributed by atoms with E-state index in [1.54, 1.807) is 0 Å². The monoisotopic (exact) mass is 324 g/mol. The fraction of sp³-hybridized carbons (Fsp3) is 0.333. The summed E-state index contributed by atoms with van der Waals surface area (Å²) in [6.45, 7) is 1.22. The molecule has 6 heteroatoms. The van der Waals surface area contributed by atoms with Crippen LogP contribution in [-0.2, 0) is 16.1 Å². The van der Waals surface area contributed by atoms with E-state index in [1.807, 2.05) is 34.8 Å². The molecule has 1 saturated heterocycles. The summed E-state index contributed by atoms with van der Waals surface area (Å²) in [7, 11) is 0. The van der Waals surface area contributed by atoms with Crippen molar-refractivity contribution in [1.82, 2.24) is 14.6 Å². The van der Waals surface area contributed by atoms with Crippen LogP contribution in [0.5, 0.6) is 0 Å². The number of hydrogen-bond acceptors (Lipinski definition) is 5. The summed E-state index contributed by atoms with van der Waals surface area (Å²) in [5.74, 6) is 0.483. The third-order valence-corrected chi connectivity index (χ3v) is 4.36. The first-order chi connectivity index (χ1) is 11.8. The van der Waals surface area contributed by atoms with Gasteiger partial charge in [0.05, 0.1) is 25.0 Å². The second-order valence-electron chi connectivity index (χ2n) is 6.03. The number of rotatable bonds is 5. The first-order valence-electron chi connectivity index (χ1n) is 8.16. The van der Waals surface area contributed by atoms with Gasteiger partial charge in [-0.25, -0.2) is 9.50 Å². The van der Waals surface area contributed by atoms with Crippen molar-refractivity contribution in [2.45, 2.75) is 31.7 Å². The van der Waals surface area contributed by atoms with Crippen molar-refractivity contribution >= 4 is 11.3 Å². The minimum Gasteiger partial charge on any atom is -0.382 e. The van der Waals surface area contributed by atoms with Crippen LogP contribution in [0.3, 0.4) is 0 Å². The average molecular weight is 324 g/mol. The van der Waals surface area contributed by atoms with E-state index in [4.69, 9.17) is 15.2 Å². The van der Waals surface area contributed by atoms with Crippen LogP contribution in [0, 0.1) is 0 Å². The van der Waals surface area contributed by atoms with E-state index < -0.39 is 0 Å². The molecule has 1 aliphatic rings. The Labute approximate surface area is 140 Å². The molecule has 4 rings (SSSR count). The van der Waals surface area contributed by atoms with Crippen LogP contribution in [0.1, 0.15) is 30.2 Å². The number of aromatic nitrogens is 3. The third kappa shape index (κ3) is 2.98. The second-order valence-corrected chi connectivity index (χ2v) is 6.03. The Balaban J connectivity index is 1.37. The summed E-state index contributed by atoms with van der Waals surface area (Å²) in [5, 5.41) is 4.29. The van der Waals surface area contributed by atoms with Gasteiger partial charge in [-0.1, -0.05) is 30.3 Å². The molecule has 6 nitrogen and oxygen atoms in total. The highest BCUT2D eigenvalue weighted by Gasteiger charge is 2.29. The Bertz CT molecular complexity index is 818. The van der Waals surface area contributed by atoms with Crippen molar-refractivity contribution < 1.29 is 9.47 Å². The van der Waals surface area contributed by atoms with Gasteiger partial charge >= 0.3 is 0 Å². The quantitative estimate of drug-likeness (QED) is 0.781. The minimum absolute atomic E-state index is 0.0205. The highest BCUT2D eigenvalue weighted by Crippen LogP contribution is 2.33. The van der Waals surface area contributed by atoms with Gasteiger partial charge in [0.2, 0.25) is 0 Å². The number of anilines is 1. The number of nitrogens with zero attached hydrogens (tertiary/aromatic N) is 3. The van der Waals surface area contributed by atoms with Crippen molar-refractivity contribution in [3.63, 3.8) is 0 Å². The summed E-state index contributed by atoms with van der Waals surface area (Å²) in [4.78, 5) is 4.02. The van der Waals surface area contributed by atoms with E-state index in [-0.39, 0.29) is 12.2 Å². The molecule has 3 heterocycles. The van der Waals surface area contributed by atoms with Crippen LogP contribution >= 0.6 is 0 Å². The lowest BCUT2D eigenvalue weighted by Crippen LogP contribution is -2.15. The number of nitrogen functional groups attached to an aromatic ring is 1. The smallest absolute Gasteiger partial charge is 0.151 e. The number of fused-ring (bicyclic) bond motifs is 1. The third-order valence-electron chi connectivity index (χ3n) is 4.36. The maximum absolute atomic E-state index is 6.14. The van der Waals surface area contributed by atoms with Crippen molar-refractivity contribution in [1.29, 1.82) is 0 Å². The number of hydrogen-bond donors (Lipinski definition) is 1. The van der Waals surface area contributed by atoms with E-state index in [1.165, 1.54) is 11.9 Å². The van der Waals surface area contributed by atoms with E-state index in [9.17, 15) is 0 Å². The van der Waals surface area contributed by atoms with Crippen LogP contribution < -0.4 is 5.73 Å². The Hall–Kier alpha value is -2.44. The molecule has 0 spiro atoms. The zero-order chi connectivity index (χ0) is 16.4. The number of benzene rings is 1. The first kappa shape index (κ1) is 15.1. The molecular formula is C18H20N4O2. The number of nitrogens with two attached hydrogens (primary N) is 1. The normalized spacial score (nSPS) is 20.7. The van der Waals surface area contributed by atoms with Crippen LogP contribution in [0.25, 0.3) is 5.52 Å². The van der Waals surface area contributed by atoms with Crippen LogP contribution in [-0.4, -0.2) is 27.3 Å². The van der Waals surface area contributed by atoms with E-state index in [0.29, 0.717) is 19.0 Å². The molecule has 0 radical (unpaired) electrons. The molecule has 1 fully saturated rings. The Morgan fingerprint density at radius 1 is 1.17 bits per heavy atom. The Kier molecular flexibility index (Phi) is 4.15. The van der Waals surface area contributed by atoms with Crippen molar-refractivity contribution in [3.8, 4) is 0 Å². The fourth-order valence-electron chi connectivity index (χ4n) is 3.15. The van der Waals surface area contributed by atoms with Gasteiger partial charge in [0.1, 0.15) is 17.9 Å². The molecule has 3 aromatic rings. The molecule has 0 saturated carbocycles. The molecule has 0 amide bonds. The Morgan fingerprint density at radius 2 is 2.04 bits per heavy atom. The fourth-order valence-corrected chi connectivity index (χ4v) is 3.15. The maximum atomic E-state index is 6.14. The summed E-state index contributed by atoms with van der Waals surface area (Å²) < 4.78 is 13.8. The molecule has 1 unspecified atom stereocenters. The zero-order valence-electron chi connectivity index (χ0n) is 13.3. The summed E-state index contributed by atoms with van der Waals surface area (Å²) in [6, 6.07) is 14.1. The molecule has 1 aliphatic heterocycles. The first-order valence-corrected chi connectivity index (χ1v) is 8.16. The predicted molar refractivity (Wildman–Crippen MR) is 90.3 cm³/mol. The maximum Gasteiger partial charge on any atom is 0.151 e.